The van der Waals surface area contributed by atoms with Crippen LogP contribution in [0.2, 0.25) is 0 Å². The van der Waals surface area contributed by atoms with Crippen molar-refractivity contribution < 1.29 is 19.7 Å². The normalized spacial score (nSPS) is 18.7. The fourth-order valence-corrected chi connectivity index (χ4v) is 3.96. The first kappa shape index (κ1) is 20.6. The Hall–Kier alpha value is -3.65. The molecular weight excluding hydrogens is 396 g/mol. The monoisotopic (exact) mass is 420 g/mol. The molecule has 1 saturated heterocycles. The summed E-state index contributed by atoms with van der Waals surface area (Å²) in [6, 6.07) is 13.8. The van der Waals surface area contributed by atoms with Gasteiger partial charge in [-0.25, -0.2) is 4.79 Å². The van der Waals surface area contributed by atoms with E-state index in [0.29, 0.717) is 35.9 Å². The van der Waals surface area contributed by atoms with Gasteiger partial charge in [0.25, 0.3) is 0 Å². The van der Waals surface area contributed by atoms with Crippen LogP contribution < -0.4 is 10.6 Å². The first-order valence-electron chi connectivity index (χ1n) is 9.99. The van der Waals surface area contributed by atoms with Crippen LogP contribution in [-0.2, 0) is 4.74 Å². The third kappa shape index (κ3) is 4.15. The summed E-state index contributed by atoms with van der Waals surface area (Å²) in [7, 11) is 0. The number of phenolic OH excluding ortho intramolecular Hbond substituents is 1. The fraction of sp³-hybridized carbons (Fsp3) is 0.261. The van der Waals surface area contributed by atoms with Gasteiger partial charge in [-0.15, -0.1) is 10.2 Å². The number of nitrogens with two attached hydrogens (primary N) is 1. The molecule has 160 valence electrons. The maximum atomic E-state index is 11.3. The topological polar surface area (TPSA) is 122 Å². The van der Waals surface area contributed by atoms with Crippen molar-refractivity contribution in [1.29, 1.82) is 0 Å². The maximum absolute atomic E-state index is 11.3. The summed E-state index contributed by atoms with van der Waals surface area (Å²) < 4.78 is 6.17. The largest absolute Gasteiger partial charge is 0.507 e. The van der Waals surface area contributed by atoms with Crippen LogP contribution in [-0.4, -0.2) is 45.6 Å². The van der Waals surface area contributed by atoms with Crippen LogP contribution in [0.25, 0.3) is 11.3 Å². The Morgan fingerprint density at radius 1 is 1.16 bits per heavy atom. The van der Waals surface area contributed by atoms with Gasteiger partial charge in [0.05, 0.1) is 23.0 Å². The van der Waals surface area contributed by atoms with E-state index in [1.54, 1.807) is 36.4 Å². The Bertz CT molecular complexity index is 1130. The first-order valence-corrected chi connectivity index (χ1v) is 9.99. The third-order valence-corrected chi connectivity index (χ3v) is 5.45. The highest BCUT2D eigenvalue weighted by Gasteiger charge is 2.29. The van der Waals surface area contributed by atoms with Crippen molar-refractivity contribution >= 4 is 17.5 Å². The van der Waals surface area contributed by atoms with Crippen LogP contribution in [0.3, 0.4) is 0 Å². The number of carboxylic acid groups (broad SMARTS) is 1. The average Bonchev–Trinajstić information content (AvgIpc) is 2.74. The molecule has 8 nitrogen and oxygen atoms in total. The second-order valence-electron chi connectivity index (χ2n) is 7.73. The number of aromatic hydroxyl groups is 1. The number of morpholine rings is 1. The minimum atomic E-state index is -0.957. The van der Waals surface area contributed by atoms with E-state index in [9.17, 15) is 15.0 Å². The Labute approximate surface area is 179 Å². The van der Waals surface area contributed by atoms with E-state index in [1.807, 2.05) is 26.0 Å². The van der Waals surface area contributed by atoms with Crippen molar-refractivity contribution in [2.75, 3.05) is 23.7 Å². The molecule has 1 aliphatic heterocycles. The van der Waals surface area contributed by atoms with Crippen molar-refractivity contribution in [1.82, 2.24) is 10.2 Å². The second kappa shape index (κ2) is 8.23. The van der Waals surface area contributed by atoms with Gasteiger partial charge in [-0.05, 0) is 55.3 Å². The van der Waals surface area contributed by atoms with Crippen molar-refractivity contribution in [2.24, 2.45) is 0 Å². The van der Waals surface area contributed by atoms with Crippen LogP contribution in [0.15, 0.2) is 48.5 Å². The number of aromatic nitrogens is 2. The molecule has 0 radical (unpaired) electrons. The highest BCUT2D eigenvalue weighted by Crippen LogP contribution is 2.35. The molecule has 0 bridgehead atoms. The Kier molecular flexibility index (Phi) is 5.48. The number of rotatable bonds is 4. The Morgan fingerprint density at radius 2 is 1.94 bits per heavy atom. The van der Waals surface area contributed by atoms with E-state index in [0.717, 1.165) is 11.1 Å². The minimum absolute atomic E-state index is 0.0848. The molecule has 0 saturated carbocycles. The zero-order valence-corrected chi connectivity index (χ0v) is 17.3. The number of hydrogen-bond donors (Lipinski definition) is 3. The molecule has 2 aromatic carbocycles. The summed E-state index contributed by atoms with van der Waals surface area (Å²) in [6.07, 6.45) is -0.341. The number of aromatic carboxylic acids is 1. The van der Waals surface area contributed by atoms with Gasteiger partial charge >= 0.3 is 5.97 Å². The second-order valence-corrected chi connectivity index (χ2v) is 7.73. The van der Waals surface area contributed by atoms with Crippen LogP contribution in [0.1, 0.15) is 34.5 Å². The molecule has 1 fully saturated rings. The van der Waals surface area contributed by atoms with Gasteiger partial charge in [0.1, 0.15) is 11.9 Å². The van der Waals surface area contributed by atoms with Gasteiger partial charge < -0.3 is 25.6 Å². The van der Waals surface area contributed by atoms with E-state index in [1.165, 1.54) is 0 Å². The number of nitrogen functional groups attached to an aromatic ring is 1. The lowest BCUT2D eigenvalue weighted by Crippen LogP contribution is -2.43. The Morgan fingerprint density at radius 3 is 2.65 bits per heavy atom. The van der Waals surface area contributed by atoms with E-state index < -0.39 is 5.97 Å². The number of anilines is 2. The summed E-state index contributed by atoms with van der Waals surface area (Å²) in [5, 5.41) is 27.7. The lowest BCUT2D eigenvalue weighted by molar-refractivity contribution is -0.0176. The number of carbonyl (C=O) groups is 1. The number of ether oxygens (including phenoxy) is 1. The molecule has 0 unspecified atom stereocenters. The predicted octanol–water partition coefficient (Wildman–Crippen LogP) is 3.40. The average molecular weight is 420 g/mol. The van der Waals surface area contributed by atoms with Crippen molar-refractivity contribution in [2.45, 2.75) is 26.1 Å². The molecule has 3 aromatic rings. The third-order valence-electron chi connectivity index (χ3n) is 5.45. The van der Waals surface area contributed by atoms with Gasteiger partial charge in [-0.1, -0.05) is 18.2 Å². The summed E-state index contributed by atoms with van der Waals surface area (Å²) in [6.45, 7) is 4.99. The molecule has 1 aliphatic rings. The molecule has 2 heterocycles. The zero-order chi connectivity index (χ0) is 22.1. The number of nitrogens with zero attached hydrogens (tertiary/aromatic N) is 3. The number of carboxylic acids is 1. The quantitative estimate of drug-likeness (QED) is 0.587. The molecule has 31 heavy (non-hydrogen) atoms. The summed E-state index contributed by atoms with van der Waals surface area (Å²) >= 11 is 0. The molecule has 2 atom stereocenters. The molecule has 1 aromatic heterocycles. The van der Waals surface area contributed by atoms with E-state index in [-0.39, 0.29) is 23.5 Å². The van der Waals surface area contributed by atoms with Crippen LogP contribution in [0, 0.1) is 6.92 Å². The zero-order valence-electron chi connectivity index (χ0n) is 17.3. The molecule has 4 rings (SSSR count). The highest BCUT2D eigenvalue weighted by molar-refractivity contribution is 5.87. The minimum Gasteiger partial charge on any atom is -0.507 e. The van der Waals surface area contributed by atoms with Gasteiger partial charge in [0, 0.05) is 18.7 Å². The fourth-order valence-electron chi connectivity index (χ4n) is 3.96. The SMILES string of the molecule is Cc1cc(C(=O)O)ccc1[C@@H]1CN(c2cc(-c3ccccc3O)nnc2N)C[C@@H](C)O1. The number of aryl methyl sites for hydroxylation is 1. The standard InChI is InChI=1S/C23H24N4O4/c1-13-9-15(23(29)30)7-8-16(13)21-12-27(11-14(2)31-21)19-10-18(25-26-22(19)24)17-5-3-4-6-20(17)28/h3-10,14,21,28H,11-12H2,1-2H3,(H2,24,26)(H,29,30)/t14-,21+/m1/s1. The van der Waals surface area contributed by atoms with E-state index in [4.69, 9.17) is 10.5 Å². The Balaban J connectivity index is 1.67. The molecule has 4 N–H and O–H groups in total. The number of benzene rings is 2. The van der Waals surface area contributed by atoms with Crippen LogP contribution in [0.4, 0.5) is 11.5 Å². The van der Waals surface area contributed by atoms with Gasteiger partial charge in [-0.2, -0.15) is 0 Å². The van der Waals surface area contributed by atoms with Gasteiger partial charge in [0.15, 0.2) is 5.82 Å². The molecule has 8 heteroatoms. The molecular formula is C23H24N4O4. The molecule has 0 aliphatic carbocycles. The molecule has 0 amide bonds. The van der Waals surface area contributed by atoms with Crippen molar-refractivity contribution in [3.05, 3.63) is 65.2 Å². The first-order chi connectivity index (χ1) is 14.8. The van der Waals surface area contributed by atoms with Crippen molar-refractivity contribution in [3.8, 4) is 17.0 Å². The lowest BCUT2D eigenvalue weighted by Gasteiger charge is -2.39. The summed E-state index contributed by atoms with van der Waals surface area (Å²) in [4.78, 5) is 13.4. The number of phenols is 1. The van der Waals surface area contributed by atoms with E-state index in [2.05, 4.69) is 15.1 Å². The van der Waals surface area contributed by atoms with E-state index >= 15 is 0 Å². The predicted molar refractivity (Wildman–Crippen MR) is 117 cm³/mol. The lowest BCUT2D eigenvalue weighted by atomic mass is 9.98. The van der Waals surface area contributed by atoms with Gasteiger partial charge in [-0.3, -0.25) is 0 Å². The number of para-hydroxylation sites is 1. The van der Waals surface area contributed by atoms with Gasteiger partial charge in [0.2, 0.25) is 0 Å². The van der Waals surface area contributed by atoms with Crippen LogP contribution in [0.5, 0.6) is 5.75 Å². The smallest absolute Gasteiger partial charge is 0.335 e. The van der Waals surface area contributed by atoms with Crippen molar-refractivity contribution in [3.63, 3.8) is 0 Å². The summed E-state index contributed by atoms with van der Waals surface area (Å²) in [5.41, 5.74) is 10.0. The maximum Gasteiger partial charge on any atom is 0.335 e. The highest BCUT2D eigenvalue weighted by atomic mass is 16.5. The number of hydrogen-bond acceptors (Lipinski definition) is 7. The molecule has 0 spiro atoms. The van der Waals surface area contributed by atoms with Crippen LogP contribution >= 0.6 is 0 Å². The summed E-state index contributed by atoms with van der Waals surface area (Å²) in [5.74, 6) is -0.540.